The summed E-state index contributed by atoms with van der Waals surface area (Å²) in [6.45, 7) is 8.75. The minimum Gasteiger partial charge on any atom is -0.390 e. The summed E-state index contributed by atoms with van der Waals surface area (Å²) in [5.41, 5.74) is 0.821. The molecule has 0 saturated heterocycles. The Balaban J connectivity index is 2.61. The van der Waals surface area contributed by atoms with Crippen molar-refractivity contribution in [3.05, 3.63) is 35.9 Å². The summed E-state index contributed by atoms with van der Waals surface area (Å²) in [6.07, 6.45) is 3.64. The Morgan fingerprint density at radius 2 is 1.44 bits per heavy atom. The lowest BCUT2D eigenvalue weighted by molar-refractivity contribution is -0.00706. The predicted molar refractivity (Wildman–Crippen MR) is 78.6 cm³/mol. The van der Waals surface area contributed by atoms with Crippen molar-refractivity contribution in [3.63, 3.8) is 0 Å². The Bertz CT molecular complexity index is 317. The molecule has 0 aliphatic rings. The fraction of sp³-hybridized carbons (Fsp3) is 0.647. The van der Waals surface area contributed by atoms with E-state index in [0.29, 0.717) is 11.8 Å². The first-order valence-corrected chi connectivity index (χ1v) is 7.17. The second-order valence-electron chi connectivity index (χ2n) is 6.41. The maximum Gasteiger partial charge on any atom is 0.0655 e. The molecule has 0 spiro atoms. The van der Waals surface area contributed by atoms with Gasteiger partial charge in [-0.1, -0.05) is 58.0 Å². The van der Waals surface area contributed by atoms with Crippen LogP contribution in [0.25, 0.3) is 0 Å². The van der Waals surface area contributed by atoms with E-state index in [-0.39, 0.29) is 0 Å². The summed E-state index contributed by atoms with van der Waals surface area (Å²) in [6, 6.07) is 10.5. The molecule has 0 bridgehead atoms. The Morgan fingerprint density at radius 1 is 0.944 bits per heavy atom. The minimum atomic E-state index is -0.502. The van der Waals surface area contributed by atoms with Gasteiger partial charge in [-0.25, -0.2) is 0 Å². The van der Waals surface area contributed by atoms with Crippen molar-refractivity contribution in [2.45, 2.75) is 59.0 Å². The first-order valence-electron chi connectivity index (χ1n) is 7.17. The fourth-order valence-electron chi connectivity index (χ4n) is 2.83. The lowest BCUT2D eigenvalue weighted by Gasteiger charge is -2.32. The third-order valence-corrected chi connectivity index (χ3v) is 3.30. The Labute approximate surface area is 112 Å². The molecule has 0 aromatic heterocycles. The van der Waals surface area contributed by atoms with E-state index in [4.69, 9.17) is 0 Å². The summed E-state index contributed by atoms with van der Waals surface area (Å²) >= 11 is 0. The molecule has 0 unspecified atom stereocenters. The summed E-state index contributed by atoms with van der Waals surface area (Å²) in [5.74, 6) is 1.09. The number of benzene rings is 1. The maximum absolute atomic E-state index is 10.8. The van der Waals surface area contributed by atoms with Gasteiger partial charge in [0.15, 0.2) is 0 Å². The van der Waals surface area contributed by atoms with Gasteiger partial charge in [0.2, 0.25) is 0 Å². The first kappa shape index (κ1) is 15.2. The van der Waals surface area contributed by atoms with Crippen molar-refractivity contribution in [2.24, 2.45) is 11.8 Å². The molecule has 0 fully saturated rings. The van der Waals surface area contributed by atoms with Crippen molar-refractivity contribution in [1.29, 1.82) is 0 Å². The van der Waals surface area contributed by atoms with Gasteiger partial charge in [-0.2, -0.15) is 0 Å². The van der Waals surface area contributed by atoms with E-state index >= 15 is 0 Å². The number of aryl methyl sites for hydroxylation is 1. The summed E-state index contributed by atoms with van der Waals surface area (Å²) in [7, 11) is 0. The minimum absolute atomic E-state index is 0.502. The van der Waals surface area contributed by atoms with Gasteiger partial charge in [0.25, 0.3) is 0 Å². The van der Waals surface area contributed by atoms with E-state index in [1.165, 1.54) is 5.56 Å². The molecule has 0 atom stereocenters. The molecular formula is C17H28O. The maximum atomic E-state index is 10.8. The first-order chi connectivity index (χ1) is 8.41. The van der Waals surface area contributed by atoms with Gasteiger partial charge in [0.05, 0.1) is 5.60 Å². The van der Waals surface area contributed by atoms with Crippen LogP contribution < -0.4 is 0 Å². The van der Waals surface area contributed by atoms with Crippen molar-refractivity contribution in [3.8, 4) is 0 Å². The van der Waals surface area contributed by atoms with E-state index in [0.717, 1.165) is 25.7 Å². The van der Waals surface area contributed by atoms with Crippen LogP contribution in [0.15, 0.2) is 30.3 Å². The van der Waals surface area contributed by atoms with E-state index in [1.54, 1.807) is 0 Å². The van der Waals surface area contributed by atoms with Crippen LogP contribution in [0.1, 0.15) is 52.5 Å². The van der Waals surface area contributed by atoms with E-state index in [2.05, 4.69) is 52.0 Å². The van der Waals surface area contributed by atoms with E-state index < -0.39 is 5.60 Å². The van der Waals surface area contributed by atoms with Crippen LogP contribution in [-0.2, 0) is 6.42 Å². The number of aliphatic hydroxyl groups is 1. The summed E-state index contributed by atoms with van der Waals surface area (Å²) in [4.78, 5) is 0. The Hall–Kier alpha value is -0.820. The van der Waals surface area contributed by atoms with Gasteiger partial charge in [0, 0.05) is 0 Å². The zero-order valence-corrected chi connectivity index (χ0v) is 12.3. The quantitative estimate of drug-likeness (QED) is 0.756. The second kappa shape index (κ2) is 6.94. The molecule has 0 radical (unpaired) electrons. The molecule has 18 heavy (non-hydrogen) atoms. The SMILES string of the molecule is CC(C)CC(O)(CCc1ccccc1)CC(C)C. The molecule has 1 aromatic carbocycles. The molecule has 1 N–H and O–H groups in total. The van der Waals surface area contributed by atoms with Crippen molar-refractivity contribution >= 4 is 0 Å². The van der Waals surface area contributed by atoms with E-state index in [9.17, 15) is 5.11 Å². The molecule has 1 heteroatoms. The van der Waals surface area contributed by atoms with Crippen molar-refractivity contribution < 1.29 is 5.11 Å². The number of hydrogen-bond acceptors (Lipinski definition) is 1. The van der Waals surface area contributed by atoms with Gasteiger partial charge in [-0.3, -0.25) is 0 Å². The Kier molecular flexibility index (Phi) is 5.87. The van der Waals surface area contributed by atoms with Crippen LogP contribution in [0.2, 0.25) is 0 Å². The smallest absolute Gasteiger partial charge is 0.0655 e. The zero-order valence-electron chi connectivity index (χ0n) is 12.3. The molecule has 0 amide bonds. The molecule has 0 saturated carbocycles. The normalized spacial score (nSPS) is 12.4. The monoisotopic (exact) mass is 248 g/mol. The summed E-state index contributed by atoms with van der Waals surface area (Å²) in [5, 5.41) is 10.8. The van der Waals surface area contributed by atoms with Crippen LogP contribution in [0, 0.1) is 11.8 Å². The second-order valence-corrected chi connectivity index (χ2v) is 6.41. The Morgan fingerprint density at radius 3 is 1.89 bits per heavy atom. The number of hydrogen-bond donors (Lipinski definition) is 1. The van der Waals surface area contributed by atoms with Gasteiger partial charge in [-0.15, -0.1) is 0 Å². The van der Waals surface area contributed by atoms with Gasteiger partial charge < -0.3 is 5.11 Å². The molecule has 1 nitrogen and oxygen atoms in total. The lowest BCUT2D eigenvalue weighted by Crippen LogP contribution is -2.33. The average Bonchev–Trinajstić information content (AvgIpc) is 2.26. The van der Waals surface area contributed by atoms with Crippen LogP contribution in [0.3, 0.4) is 0 Å². The largest absolute Gasteiger partial charge is 0.390 e. The molecule has 102 valence electrons. The van der Waals surface area contributed by atoms with Gasteiger partial charge >= 0.3 is 0 Å². The molecule has 0 aliphatic carbocycles. The fourth-order valence-corrected chi connectivity index (χ4v) is 2.83. The highest BCUT2D eigenvalue weighted by molar-refractivity contribution is 5.15. The highest BCUT2D eigenvalue weighted by Crippen LogP contribution is 2.29. The standard InChI is InChI=1S/C17H28O/c1-14(2)12-17(18,13-15(3)4)11-10-16-8-6-5-7-9-16/h5-9,14-15,18H,10-13H2,1-4H3. The number of rotatable bonds is 7. The topological polar surface area (TPSA) is 20.2 Å². The molecular weight excluding hydrogens is 220 g/mol. The predicted octanol–water partition coefficient (Wildman–Crippen LogP) is 4.44. The van der Waals surface area contributed by atoms with Crippen LogP contribution >= 0.6 is 0 Å². The molecule has 1 rings (SSSR count). The van der Waals surface area contributed by atoms with Crippen LogP contribution in [-0.4, -0.2) is 10.7 Å². The average molecular weight is 248 g/mol. The van der Waals surface area contributed by atoms with Crippen LogP contribution in [0.4, 0.5) is 0 Å². The van der Waals surface area contributed by atoms with Gasteiger partial charge in [-0.05, 0) is 43.1 Å². The van der Waals surface area contributed by atoms with Gasteiger partial charge in [0.1, 0.15) is 0 Å². The molecule has 0 aliphatic heterocycles. The molecule has 1 aromatic rings. The highest BCUT2D eigenvalue weighted by Gasteiger charge is 2.28. The zero-order chi connectivity index (χ0) is 13.6. The highest BCUT2D eigenvalue weighted by atomic mass is 16.3. The van der Waals surface area contributed by atoms with Crippen molar-refractivity contribution in [1.82, 2.24) is 0 Å². The summed E-state index contributed by atoms with van der Waals surface area (Å²) < 4.78 is 0. The lowest BCUT2D eigenvalue weighted by atomic mass is 9.81. The third kappa shape index (κ3) is 5.68. The third-order valence-electron chi connectivity index (χ3n) is 3.30. The van der Waals surface area contributed by atoms with Crippen molar-refractivity contribution in [2.75, 3.05) is 0 Å². The van der Waals surface area contributed by atoms with E-state index in [1.807, 2.05) is 6.07 Å². The van der Waals surface area contributed by atoms with Crippen LogP contribution in [0.5, 0.6) is 0 Å². The molecule has 0 heterocycles.